The Morgan fingerprint density at radius 3 is 1.44 bits per heavy atom. The Morgan fingerprint density at radius 1 is 0.598 bits per heavy atom. The predicted molar refractivity (Wildman–Crippen MR) is 312 cm³/mol. The van der Waals surface area contributed by atoms with E-state index < -0.39 is 73.0 Å². The molecule has 1 unspecified atom stereocenters. The first kappa shape index (κ1) is 66.8. The molecule has 6 saturated carbocycles. The second-order valence-corrected chi connectivity index (χ2v) is 32.5. The molecule has 7 fully saturated rings. The summed E-state index contributed by atoms with van der Waals surface area (Å²) in [7, 11) is -7.37. The molecular weight excluding hydrogens is 1100 g/mol. The number of rotatable bonds is 10. The average molecular weight is 1200 g/mol. The van der Waals surface area contributed by atoms with Crippen LogP contribution >= 0.6 is 0 Å². The van der Waals surface area contributed by atoms with Crippen molar-refractivity contribution in [1.29, 1.82) is 0 Å². The number of benzene rings is 2. The summed E-state index contributed by atoms with van der Waals surface area (Å²) in [5, 5.41) is 30.2. The van der Waals surface area contributed by atoms with E-state index in [1.807, 2.05) is 39.0 Å². The molecule has 0 spiro atoms. The van der Waals surface area contributed by atoms with Crippen LogP contribution in [0, 0.1) is 80.8 Å². The first-order valence-corrected chi connectivity index (χ1v) is 33.1. The summed E-state index contributed by atoms with van der Waals surface area (Å²) in [5.74, 6) is 3.79. The van der Waals surface area contributed by atoms with Gasteiger partial charge in [-0.05, 0) is 228 Å². The summed E-state index contributed by atoms with van der Waals surface area (Å²) in [6.45, 7) is 17.4. The van der Waals surface area contributed by atoms with Crippen LogP contribution in [0.3, 0.4) is 0 Å². The highest BCUT2D eigenvalue weighted by atomic mass is 32.2. The van der Waals surface area contributed by atoms with Crippen LogP contribution in [-0.4, -0.2) is 85.5 Å². The summed E-state index contributed by atoms with van der Waals surface area (Å²) in [4.78, 5) is 0.474. The van der Waals surface area contributed by atoms with Gasteiger partial charge in [-0.25, -0.2) is 16.8 Å². The molecule has 464 valence electrons. The van der Waals surface area contributed by atoms with Crippen LogP contribution in [0.4, 0.5) is 26.3 Å². The van der Waals surface area contributed by atoms with Crippen molar-refractivity contribution in [3.63, 3.8) is 0 Å². The molecule has 1 aliphatic heterocycles. The van der Waals surface area contributed by atoms with Crippen molar-refractivity contribution in [3.05, 3.63) is 84.0 Å². The number of aliphatic hydroxyl groups excluding tert-OH is 1. The van der Waals surface area contributed by atoms with Gasteiger partial charge in [-0.2, -0.15) is 26.3 Å². The maximum absolute atomic E-state index is 13.8. The third-order valence-electron chi connectivity index (χ3n) is 23.4. The van der Waals surface area contributed by atoms with E-state index in [0.717, 1.165) is 83.5 Å². The summed E-state index contributed by atoms with van der Waals surface area (Å²) in [6, 6.07) is 16.7. The Bertz CT molecular complexity index is 2810. The summed E-state index contributed by atoms with van der Waals surface area (Å²) >= 11 is 0. The Kier molecular flexibility index (Phi) is 19.3. The van der Waals surface area contributed by atoms with Crippen LogP contribution < -0.4 is 0 Å². The summed E-state index contributed by atoms with van der Waals surface area (Å²) in [5.41, 5.74) is 2.07. The van der Waals surface area contributed by atoms with Crippen LogP contribution in [0.2, 0.25) is 0 Å². The van der Waals surface area contributed by atoms with Crippen molar-refractivity contribution in [2.24, 2.45) is 80.8 Å². The third kappa shape index (κ3) is 12.8. The number of epoxide rings is 1. The van der Waals surface area contributed by atoms with Gasteiger partial charge in [0, 0.05) is 0 Å². The molecule has 9 aliphatic rings. The van der Waals surface area contributed by atoms with E-state index in [9.17, 15) is 58.5 Å². The maximum Gasteiger partial charge on any atom is 0.416 e. The molecule has 1 saturated heterocycles. The zero-order valence-electron chi connectivity index (χ0n) is 48.3. The van der Waals surface area contributed by atoms with Crippen molar-refractivity contribution in [2.75, 3.05) is 12.4 Å². The predicted octanol–water partition coefficient (Wildman–Crippen LogP) is 15.8. The number of hydrogen-bond donors (Lipinski definition) is 3. The number of fused-ring (bicyclic) bond motifs is 10. The average Bonchev–Trinajstić information content (AvgIpc) is 2.60. The fourth-order valence-electron chi connectivity index (χ4n) is 18.9. The second-order valence-electron chi connectivity index (χ2n) is 28.3. The number of aliphatic hydroxyl groups is 3. The molecule has 0 aromatic heterocycles. The summed E-state index contributed by atoms with van der Waals surface area (Å²) < 4.78 is 132. The number of halogens is 6. The molecule has 2 aromatic rings. The van der Waals surface area contributed by atoms with E-state index >= 15 is 0 Å². The fourth-order valence-corrected chi connectivity index (χ4v) is 22.7. The van der Waals surface area contributed by atoms with Crippen molar-refractivity contribution >= 4 is 19.7 Å². The largest absolute Gasteiger partial charge is 0.416 e. The van der Waals surface area contributed by atoms with Gasteiger partial charge in [0.25, 0.3) is 0 Å². The number of sulfone groups is 2. The molecular formula is C66H98F6O8S2. The maximum atomic E-state index is 13.8. The van der Waals surface area contributed by atoms with Crippen LogP contribution in [-0.2, 0) is 24.4 Å². The SMILES string of the molecule is C.C.C[C@H](C(C[C@@H](O)C(F)(F)F)S(=O)(=O)c1ccccc1)[C@H]1CC[C@H]2[C@@H]3CC=C4C[C@@](C)(O)CC[C@]4(C)[C@H]3CC[C@]12C.C[C@H](CS(=O)(=O)c1ccccc1)[C@H]1CC[C@H]2[C@@H]3CC=C4C[C@@](C)(O)CC[C@]4(C)[C@H]3CC[C@]12C.FC(F)(F)[C@H]1CO1. The number of ether oxygens (including phenoxy) is 1. The zero-order valence-corrected chi connectivity index (χ0v) is 50.0. The first-order chi connectivity index (χ1) is 37.1. The highest BCUT2D eigenvalue weighted by Gasteiger charge is 2.63. The van der Waals surface area contributed by atoms with Gasteiger partial charge in [-0.15, -0.1) is 0 Å². The molecule has 8 nitrogen and oxygen atoms in total. The van der Waals surface area contributed by atoms with E-state index in [4.69, 9.17) is 0 Å². The topological polar surface area (TPSA) is 141 Å². The molecule has 8 aliphatic carbocycles. The lowest BCUT2D eigenvalue weighted by Gasteiger charge is -2.59. The lowest BCUT2D eigenvalue weighted by atomic mass is 9.46. The normalized spacial score (nSPS) is 39.8. The van der Waals surface area contributed by atoms with Crippen molar-refractivity contribution in [3.8, 4) is 0 Å². The molecule has 11 rings (SSSR count). The Labute approximate surface area is 488 Å². The minimum Gasteiger partial charge on any atom is -0.390 e. The second kappa shape index (κ2) is 23.7. The van der Waals surface area contributed by atoms with Crippen molar-refractivity contribution < 1.29 is 63.2 Å². The molecule has 3 N–H and O–H groups in total. The Balaban J connectivity index is 0.000000209. The van der Waals surface area contributed by atoms with Crippen molar-refractivity contribution in [1.82, 2.24) is 0 Å². The van der Waals surface area contributed by atoms with Crippen LogP contribution in [0.1, 0.15) is 179 Å². The standard InChI is InChI=1S/C32H45F3O4S.C29H42O3S.C3H3F3O.2CH4/c1-20(27(18-28(36)32(33,34)35)40(38,39)22-8-6-5-7-9-22)24-12-13-25-23-11-10-21-19-29(2,37)16-17-30(21,3)26(23)14-15-31(24,25)4;1-20(19-33(31,32)22-8-6-5-7-9-22)24-12-13-25-23-11-10-21-18-27(2,30)16-17-28(21,3)26(23)14-15-29(24,25)4;4-3(5,6)2-1-7-2;;/h5-10,20,23-28,36-37H,11-19H2,1-4H3;5-10,20,23-26,30H,11-19H2,1-4H3;2H,1H2;2*1H4/t20-,23-,24+,25-,26-,27?,28+,29-,30-,31+;20-,23+,24-,25+,26+,27+,28+,29-;2-;;/m011../s1. The van der Waals surface area contributed by atoms with Crippen LogP contribution in [0.25, 0.3) is 0 Å². The number of alkyl halides is 6. The number of allylic oxidation sites excluding steroid dienone is 2. The number of hydrogen-bond acceptors (Lipinski definition) is 8. The fraction of sp³-hybridized carbons (Fsp3) is 0.758. The van der Waals surface area contributed by atoms with Gasteiger partial charge < -0.3 is 20.1 Å². The van der Waals surface area contributed by atoms with Gasteiger partial charge in [0.05, 0.1) is 38.6 Å². The molecule has 82 heavy (non-hydrogen) atoms. The minimum absolute atomic E-state index is 0. The van der Waals surface area contributed by atoms with Gasteiger partial charge >= 0.3 is 12.4 Å². The van der Waals surface area contributed by atoms with E-state index in [1.54, 1.807) is 30.3 Å². The smallest absolute Gasteiger partial charge is 0.390 e. The Morgan fingerprint density at radius 2 is 1.02 bits per heavy atom. The molecule has 0 amide bonds. The van der Waals surface area contributed by atoms with E-state index in [2.05, 4.69) is 51.5 Å². The lowest BCUT2D eigenvalue weighted by Crippen LogP contribution is -2.52. The highest BCUT2D eigenvalue weighted by molar-refractivity contribution is 7.92. The van der Waals surface area contributed by atoms with Gasteiger partial charge in [-0.3, -0.25) is 0 Å². The van der Waals surface area contributed by atoms with E-state index in [1.165, 1.54) is 42.5 Å². The molecule has 0 bridgehead atoms. The monoisotopic (exact) mass is 1200 g/mol. The first-order valence-electron chi connectivity index (χ1n) is 29.9. The lowest BCUT2D eigenvalue weighted by molar-refractivity contribution is -0.206. The summed E-state index contributed by atoms with van der Waals surface area (Å²) in [6.07, 6.45) is 6.84. The van der Waals surface area contributed by atoms with E-state index in [-0.39, 0.29) is 65.6 Å². The van der Waals surface area contributed by atoms with Gasteiger partial charge in [-0.1, -0.05) is 116 Å². The zero-order chi connectivity index (χ0) is 58.4. The molecule has 0 radical (unpaired) electrons. The highest BCUT2D eigenvalue weighted by Crippen LogP contribution is 2.70. The molecule has 19 atom stereocenters. The third-order valence-corrected chi connectivity index (χ3v) is 27.7. The van der Waals surface area contributed by atoms with Gasteiger partial charge in [0.1, 0.15) is 0 Å². The molecule has 2 aromatic carbocycles. The van der Waals surface area contributed by atoms with Crippen molar-refractivity contribution in [2.45, 2.75) is 230 Å². The Hall–Kier alpha value is -2.76. The van der Waals surface area contributed by atoms with Crippen LogP contribution in [0.15, 0.2) is 93.8 Å². The van der Waals surface area contributed by atoms with Crippen LogP contribution in [0.5, 0.6) is 0 Å². The van der Waals surface area contributed by atoms with Gasteiger partial charge in [0.2, 0.25) is 0 Å². The quantitative estimate of drug-likeness (QED) is 0.121. The molecule has 1 heterocycles. The van der Waals surface area contributed by atoms with E-state index in [0.29, 0.717) is 46.3 Å². The minimum atomic E-state index is -4.88. The van der Waals surface area contributed by atoms with Gasteiger partial charge in [0.15, 0.2) is 31.9 Å². The molecule has 16 heteroatoms.